The summed E-state index contributed by atoms with van der Waals surface area (Å²) in [6, 6.07) is 2.30. The van der Waals surface area contributed by atoms with Gasteiger partial charge in [0.25, 0.3) is 0 Å². The number of rotatable bonds is 2. The molecule has 1 aliphatic carbocycles. The highest BCUT2D eigenvalue weighted by Crippen LogP contribution is 2.27. The average molecular weight is 278 g/mol. The lowest BCUT2D eigenvalue weighted by atomic mass is 9.96. The van der Waals surface area contributed by atoms with Crippen LogP contribution in [-0.2, 0) is 4.74 Å². The van der Waals surface area contributed by atoms with Crippen molar-refractivity contribution < 1.29 is 9.53 Å². The number of carbonyl (C=O) groups excluding carboxylic acids is 1. The Morgan fingerprint density at radius 3 is 2.75 bits per heavy atom. The Bertz CT molecular complexity index is 448. The van der Waals surface area contributed by atoms with Gasteiger partial charge in [0.15, 0.2) is 5.82 Å². The van der Waals surface area contributed by atoms with Crippen LogP contribution in [0.2, 0.25) is 0 Å². The highest BCUT2D eigenvalue weighted by molar-refractivity contribution is 5.88. The van der Waals surface area contributed by atoms with Gasteiger partial charge in [-0.25, -0.2) is 4.79 Å². The molecule has 1 aromatic rings. The Balaban J connectivity index is 1.57. The Labute approximate surface area is 119 Å². The summed E-state index contributed by atoms with van der Waals surface area (Å²) in [4.78, 5) is 13.8. The third-order valence-corrected chi connectivity index (χ3v) is 4.09. The van der Waals surface area contributed by atoms with Crippen LogP contribution in [0.1, 0.15) is 38.1 Å². The summed E-state index contributed by atoms with van der Waals surface area (Å²) >= 11 is 0. The quantitative estimate of drug-likeness (QED) is 0.902. The second kappa shape index (κ2) is 6.26. The maximum Gasteiger partial charge on any atom is 0.323 e. The summed E-state index contributed by atoms with van der Waals surface area (Å²) in [5.74, 6) is 0.645. The first-order chi connectivity index (χ1) is 9.83. The van der Waals surface area contributed by atoms with Gasteiger partial charge in [0.1, 0.15) is 0 Å². The van der Waals surface area contributed by atoms with E-state index in [0.29, 0.717) is 38.2 Å². The van der Waals surface area contributed by atoms with Crippen molar-refractivity contribution in [3.63, 3.8) is 0 Å². The van der Waals surface area contributed by atoms with E-state index in [4.69, 9.17) is 4.74 Å². The number of aromatic nitrogens is 2. The van der Waals surface area contributed by atoms with Crippen LogP contribution in [0.15, 0.2) is 12.3 Å². The molecule has 1 N–H and O–H groups in total. The second-order valence-corrected chi connectivity index (χ2v) is 5.50. The largest absolute Gasteiger partial charge is 0.378 e. The van der Waals surface area contributed by atoms with Crippen molar-refractivity contribution >= 4 is 11.8 Å². The Kier molecular flexibility index (Phi) is 4.20. The molecule has 2 amide bonds. The molecule has 6 nitrogen and oxygen atoms in total. The molecule has 1 aliphatic heterocycles. The average Bonchev–Trinajstić information content (AvgIpc) is 2.97. The van der Waals surface area contributed by atoms with Crippen LogP contribution < -0.4 is 5.32 Å². The Hall–Kier alpha value is -1.56. The zero-order chi connectivity index (χ0) is 13.8. The van der Waals surface area contributed by atoms with Crippen molar-refractivity contribution in [2.75, 3.05) is 31.6 Å². The number of hydrogen-bond acceptors (Lipinski definition) is 3. The predicted octanol–water partition coefficient (Wildman–Crippen LogP) is 2.25. The maximum atomic E-state index is 12.1. The van der Waals surface area contributed by atoms with Gasteiger partial charge in [-0.3, -0.25) is 10.00 Å². The lowest BCUT2D eigenvalue weighted by Crippen LogP contribution is -2.43. The molecule has 1 saturated carbocycles. The third kappa shape index (κ3) is 3.12. The summed E-state index contributed by atoms with van der Waals surface area (Å²) in [5, 5.41) is 7.37. The molecule has 1 saturated heterocycles. The van der Waals surface area contributed by atoms with Gasteiger partial charge in [-0.2, -0.15) is 5.10 Å². The van der Waals surface area contributed by atoms with Crippen LogP contribution in [0.4, 0.5) is 10.6 Å². The van der Waals surface area contributed by atoms with Crippen LogP contribution in [0, 0.1) is 0 Å². The second-order valence-electron chi connectivity index (χ2n) is 5.50. The van der Waals surface area contributed by atoms with Crippen molar-refractivity contribution in [3.05, 3.63) is 12.3 Å². The highest BCUT2D eigenvalue weighted by Gasteiger charge is 2.19. The molecule has 0 aromatic carbocycles. The Morgan fingerprint density at radius 1 is 1.25 bits per heavy atom. The van der Waals surface area contributed by atoms with E-state index in [1.54, 1.807) is 4.90 Å². The van der Waals surface area contributed by atoms with Gasteiger partial charge in [-0.05, 0) is 12.8 Å². The van der Waals surface area contributed by atoms with Crippen molar-refractivity contribution in [3.8, 4) is 0 Å². The fourth-order valence-corrected chi connectivity index (χ4v) is 2.91. The number of urea groups is 1. The predicted molar refractivity (Wildman–Crippen MR) is 75.8 cm³/mol. The molecule has 0 atom stereocenters. The maximum absolute atomic E-state index is 12.1. The summed E-state index contributed by atoms with van der Waals surface area (Å²) in [7, 11) is 0. The number of amides is 2. The molecule has 20 heavy (non-hydrogen) atoms. The van der Waals surface area contributed by atoms with Gasteiger partial charge in [-0.1, -0.05) is 19.3 Å². The monoisotopic (exact) mass is 278 g/mol. The van der Waals surface area contributed by atoms with Crippen LogP contribution in [-0.4, -0.2) is 47.0 Å². The van der Waals surface area contributed by atoms with Gasteiger partial charge in [0, 0.05) is 25.4 Å². The SMILES string of the molecule is O=C(Nc1ccn(C2CCCCC2)n1)N1CCOCC1. The van der Waals surface area contributed by atoms with Crippen LogP contribution >= 0.6 is 0 Å². The first-order valence-electron chi connectivity index (χ1n) is 7.52. The lowest BCUT2D eigenvalue weighted by molar-refractivity contribution is 0.0564. The topological polar surface area (TPSA) is 59.4 Å². The smallest absolute Gasteiger partial charge is 0.323 e. The number of carbonyl (C=O) groups is 1. The zero-order valence-electron chi connectivity index (χ0n) is 11.8. The van der Waals surface area contributed by atoms with Gasteiger partial charge in [0.2, 0.25) is 0 Å². The van der Waals surface area contributed by atoms with E-state index in [0.717, 1.165) is 0 Å². The van der Waals surface area contributed by atoms with E-state index in [1.807, 2.05) is 16.9 Å². The molecule has 2 heterocycles. The molecule has 0 bridgehead atoms. The number of anilines is 1. The Morgan fingerprint density at radius 2 is 2.00 bits per heavy atom. The van der Waals surface area contributed by atoms with E-state index >= 15 is 0 Å². The highest BCUT2D eigenvalue weighted by atomic mass is 16.5. The van der Waals surface area contributed by atoms with E-state index in [2.05, 4.69) is 10.4 Å². The van der Waals surface area contributed by atoms with Gasteiger partial charge in [-0.15, -0.1) is 0 Å². The number of hydrogen-bond donors (Lipinski definition) is 1. The summed E-state index contributed by atoms with van der Waals surface area (Å²) in [6.45, 7) is 2.53. The summed E-state index contributed by atoms with van der Waals surface area (Å²) < 4.78 is 7.25. The minimum atomic E-state index is -0.0813. The molecule has 0 unspecified atom stereocenters. The van der Waals surface area contributed by atoms with Crippen molar-refractivity contribution in [1.82, 2.24) is 14.7 Å². The zero-order valence-corrected chi connectivity index (χ0v) is 11.8. The molecular formula is C14H22N4O2. The van der Waals surface area contributed by atoms with Gasteiger partial charge in [0.05, 0.1) is 19.3 Å². The molecule has 0 radical (unpaired) electrons. The number of morpholine rings is 1. The molecule has 110 valence electrons. The summed E-state index contributed by atoms with van der Waals surface area (Å²) in [6.07, 6.45) is 8.25. The molecule has 0 spiro atoms. The first-order valence-corrected chi connectivity index (χ1v) is 7.52. The summed E-state index contributed by atoms with van der Waals surface area (Å²) in [5.41, 5.74) is 0. The molecule has 6 heteroatoms. The first kappa shape index (κ1) is 13.4. The lowest BCUT2D eigenvalue weighted by Gasteiger charge is -2.26. The van der Waals surface area contributed by atoms with E-state index in [9.17, 15) is 4.79 Å². The fraction of sp³-hybridized carbons (Fsp3) is 0.714. The minimum absolute atomic E-state index is 0.0813. The van der Waals surface area contributed by atoms with Gasteiger partial charge >= 0.3 is 6.03 Å². The van der Waals surface area contributed by atoms with E-state index in [-0.39, 0.29) is 6.03 Å². The van der Waals surface area contributed by atoms with Crippen LogP contribution in [0.25, 0.3) is 0 Å². The van der Waals surface area contributed by atoms with Crippen LogP contribution in [0.5, 0.6) is 0 Å². The van der Waals surface area contributed by atoms with Crippen molar-refractivity contribution in [1.29, 1.82) is 0 Å². The third-order valence-electron chi connectivity index (χ3n) is 4.09. The number of nitrogens with one attached hydrogen (secondary N) is 1. The number of nitrogens with zero attached hydrogens (tertiary/aromatic N) is 3. The van der Waals surface area contributed by atoms with Crippen LogP contribution in [0.3, 0.4) is 0 Å². The molecular weight excluding hydrogens is 256 g/mol. The molecule has 2 fully saturated rings. The van der Waals surface area contributed by atoms with Gasteiger partial charge < -0.3 is 9.64 Å². The molecule has 3 rings (SSSR count). The standard InChI is InChI=1S/C14H22N4O2/c19-14(17-8-10-20-11-9-17)15-13-6-7-18(16-13)12-4-2-1-3-5-12/h6-7,12H,1-5,8-11H2,(H,15,16,19). The normalized spacial score (nSPS) is 20.9. The van der Waals surface area contributed by atoms with E-state index in [1.165, 1.54) is 32.1 Å². The fourth-order valence-electron chi connectivity index (χ4n) is 2.91. The van der Waals surface area contributed by atoms with Crippen molar-refractivity contribution in [2.24, 2.45) is 0 Å². The molecule has 1 aromatic heterocycles. The van der Waals surface area contributed by atoms with Crippen molar-refractivity contribution in [2.45, 2.75) is 38.1 Å². The number of ether oxygens (including phenoxy) is 1. The molecule has 2 aliphatic rings. The minimum Gasteiger partial charge on any atom is -0.378 e. The van der Waals surface area contributed by atoms with E-state index < -0.39 is 0 Å².